The summed E-state index contributed by atoms with van der Waals surface area (Å²) < 4.78 is 25.8. The molecule has 0 saturated heterocycles. The molecular weight excluding hydrogens is 179 g/mol. The molecule has 48 valence electrons. The zero-order chi connectivity index (χ0) is 6.78. The second-order valence-corrected chi connectivity index (χ2v) is 4.67. The maximum absolute atomic E-state index is 9.82. The van der Waals surface area contributed by atoms with Gasteiger partial charge in [0.15, 0.2) is 0 Å². The number of carboxylic acids is 1. The first-order chi connectivity index (χ1) is 3.42. The van der Waals surface area contributed by atoms with Crippen LogP contribution < -0.4 is 0 Å². The van der Waals surface area contributed by atoms with Crippen LogP contribution in [0, 0.1) is 0 Å². The summed E-state index contributed by atoms with van der Waals surface area (Å²) in [5.41, 5.74) is 0. The third-order valence-electron chi connectivity index (χ3n) is 0.341. The first-order valence-electron chi connectivity index (χ1n) is 1.68. The van der Waals surface area contributed by atoms with E-state index in [0.717, 1.165) is 0 Å². The van der Waals surface area contributed by atoms with Crippen LogP contribution >= 0.6 is 0 Å². The van der Waals surface area contributed by atoms with E-state index < -0.39 is 25.4 Å². The van der Waals surface area contributed by atoms with Gasteiger partial charge in [0.05, 0.1) is 0 Å². The third-order valence-corrected chi connectivity index (χ3v) is 1.77. The molecule has 0 aromatic carbocycles. The van der Waals surface area contributed by atoms with Gasteiger partial charge in [-0.2, -0.15) is 0 Å². The van der Waals surface area contributed by atoms with Crippen molar-refractivity contribution in [3.63, 3.8) is 0 Å². The molecule has 0 unspecified atom stereocenters. The van der Waals surface area contributed by atoms with Crippen molar-refractivity contribution in [3.05, 3.63) is 0 Å². The van der Waals surface area contributed by atoms with Crippen molar-refractivity contribution >= 4 is 20.1 Å². The van der Waals surface area contributed by atoms with Gasteiger partial charge in [0.1, 0.15) is 0 Å². The Hall–Kier alpha value is -0.252. The minimum absolute atomic E-state index is 1.03. The van der Waals surface area contributed by atoms with Crippen molar-refractivity contribution in [1.82, 2.24) is 0 Å². The molecule has 0 radical (unpaired) electrons. The van der Waals surface area contributed by atoms with Crippen molar-refractivity contribution in [2.45, 2.75) is 5.21 Å². The van der Waals surface area contributed by atoms with Gasteiger partial charge in [0.2, 0.25) is 0 Å². The zero-order valence-corrected chi connectivity index (χ0v) is 5.69. The van der Waals surface area contributed by atoms with E-state index in [2.05, 4.69) is 0 Å². The van der Waals surface area contributed by atoms with E-state index in [-0.39, 0.29) is 0 Å². The Labute approximate surface area is 47.9 Å². The predicted molar refractivity (Wildman–Crippen MR) is 23.3 cm³/mol. The van der Waals surface area contributed by atoms with Crippen molar-refractivity contribution in [1.29, 1.82) is 0 Å². The summed E-state index contributed by atoms with van der Waals surface area (Å²) in [7, 11) is 0. The SMILES string of the molecule is O=C(O)C[As](=O)(O)O. The number of carboxylic acid groups (broad SMARTS) is 1. The molecule has 0 fully saturated rings. The summed E-state index contributed by atoms with van der Waals surface area (Å²) in [6.07, 6.45) is 0. The molecule has 0 heterocycles. The molecule has 0 amide bonds. The fraction of sp³-hybridized carbons (Fsp3) is 0.500. The second kappa shape index (κ2) is 2.35. The van der Waals surface area contributed by atoms with E-state index in [0.29, 0.717) is 0 Å². The number of carbonyl (C=O) groups is 1. The van der Waals surface area contributed by atoms with Crippen LogP contribution in [0.3, 0.4) is 0 Å². The molecule has 0 rings (SSSR count). The predicted octanol–water partition coefficient (Wildman–Crippen LogP) is -1.57. The molecule has 8 heavy (non-hydrogen) atoms. The number of hydrogen-bond donors (Lipinski definition) is 3. The Bertz CT molecular complexity index is 133. The molecular formula is C2H5AsO5. The average Bonchev–Trinajstić information content (AvgIpc) is 1.21. The molecule has 0 aliphatic heterocycles. The van der Waals surface area contributed by atoms with Crippen LogP contribution in [-0.2, 0) is 8.53 Å². The first-order valence-corrected chi connectivity index (χ1v) is 5.45. The Morgan fingerprint density at radius 3 is 1.88 bits per heavy atom. The minimum atomic E-state index is -4.86. The number of rotatable bonds is 2. The molecule has 0 aromatic heterocycles. The van der Waals surface area contributed by atoms with Crippen LogP contribution in [0.25, 0.3) is 0 Å². The van der Waals surface area contributed by atoms with Gasteiger partial charge < -0.3 is 0 Å². The van der Waals surface area contributed by atoms with E-state index in [1.54, 1.807) is 0 Å². The van der Waals surface area contributed by atoms with Crippen molar-refractivity contribution < 1.29 is 21.8 Å². The molecule has 3 N–H and O–H groups in total. The summed E-state index contributed by atoms with van der Waals surface area (Å²) in [5, 5.41) is 6.74. The molecule has 6 heteroatoms. The van der Waals surface area contributed by atoms with Crippen molar-refractivity contribution in [3.8, 4) is 0 Å². The summed E-state index contributed by atoms with van der Waals surface area (Å²) in [5.74, 6) is -1.46. The second-order valence-electron chi connectivity index (χ2n) is 1.22. The molecule has 0 bridgehead atoms. The van der Waals surface area contributed by atoms with Crippen molar-refractivity contribution in [2.75, 3.05) is 0 Å². The fourth-order valence-electron chi connectivity index (χ4n) is 0.176. The molecule has 0 aliphatic rings. The van der Waals surface area contributed by atoms with E-state index >= 15 is 0 Å². The van der Waals surface area contributed by atoms with E-state index in [1.165, 1.54) is 0 Å². The maximum atomic E-state index is 9.82. The Balaban J connectivity index is 3.74. The summed E-state index contributed by atoms with van der Waals surface area (Å²) in [6, 6.07) is 0. The Kier molecular flexibility index (Phi) is 2.27. The summed E-state index contributed by atoms with van der Waals surface area (Å²) >= 11 is -4.86. The molecule has 0 aliphatic carbocycles. The van der Waals surface area contributed by atoms with Crippen molar-refractivity contribution in [2.24, 2.45) is 0 Å². The zero-order valence-electron chi connectivity index (χ0n) is 3.81. The summed E-state index contributed by atoms with van der Waals surface area (Å²) in [6.45, 7) is 0. The van der Waals surface area contributed by atoms with Gasteiger partial charge in [-0.15, -0.1) is 0 Å². The fourth-order valence-corrected chi connectivity index (χ4v) is 0.916. The van der Waals surface area contributed by atoms with Crippen LogP contribution in [0.2, 0.25) is 5.21 Å². The van der Waals surface area contributed by atoms with Gasteiger partial charge in [0, 0.05) is 0 Å². The van der Waals surface area contributed by atoms with E-state index in [9.17, 15) is 8.53 Å². The molecule has 0 saturated carbocycles. The van der Waals surface area contributed by atoms with Gasteiger partial charge >= 0.3 is 47.2 Å². The van der Waals surface area contributed by atoms with Gasteiger partial charge in [-0.25, -0.2) is 0 Å². The molecule has 0 aromatic rings. The summed E-state index contributed by atoms with van der Waals surface area (Å²) in [4.78, 5) is 9.54. The third kappa shape index (κ3) is 5.75. The number of aliphatic carboxylic acids is 1. The number of hydrogen-bond acceptors (Lipinski definition) is 2. The van der Waals surface area contributed by atoms with Crippen LogP contribution in [0.15, 0.2) is 0 Å². The van der Waals surface area contributed by atoms with Crippen LogP contribution in [0.1, 0.15) is 0 Å². The van der Waals surface area contributed by atoms with E-state index in [1.807, 2.05) is 0 Å². The standard InChI is InChI=1S/C2H5AsO5/c4-2(5)1-3(6,7)8/h1H2,(H,4,5)(H2,6,7,8). The Morgan fingerprint density at radius 1 is 1.50 bits per heavy atom. The normalized spacial score (nSPS) is 11.2. The monoisotopic (exact) mass is 184 g/mol. The average molecular weight is 184 g/mol. The van der Waals surface area contributed by atoms with E-state index in [4.69, 9.17) is 13.3 Å². The Morgan fingerprint density at radius 2 is 1.88 bits per heavy atom. The molecule has 0 atom stereocenters. The van der Waals surface area contributed by atoms with Crippen LogP contribution in [0.5, 0.6) is 0 Å². The quantitative estimate of drug-likeness (QED) is 0.450. The van der Waals surface area contributed by atoms with Gasteiger partial charge in [-0.05, 0) is 0 Å². The first kappa shape index (κ1) is 7.75. The van der Waals surface area contributed by atoms with Crippen LogP contribution in [0.4, 0.5) is 0 Å². The topological polar surface area (TPSA) is 94.8 Å². The molecule has 5 nitrogen and oxygen atoms in total. The van der Waals surface area contributed by atoms with Gasteiger partial charge in [-0.3, -0.25) is 0 Å². The van der Waals surface area contributed by atoms with Gasteiger partial charge in [-0.1, -0.05) is 0 Å². The van der Waals surface area contributed by atoms with Gasteiger partial charge in [0.25, 0.3) is 0 Å². The van der Waals surface area contributed by atoms with Crippen LogP contribution in [-0.4, -0.2) is 33.4 Å². The molecule has 0 spiro atoms.